The maximum absolute atomic E-state index is 12.7. The molecule has 2 heterocycles. The van der Waals surface area contributed by atoms with Gasteiger partial charge in [0.2, 0.25) is 0 Å². The fourth-order valence-electron chi connectivity index (χ4n) is 3.65. The van der Waals surface area contributed by atoms with Crippen molar-refractivity contribution in [2.75, 3.05) is 25.5 Å². The van der Waals surface area contributed by atoms with Gasteiger partial charge in [0.25, 0.3) is 5.91 Å². The zero-order valence-corrected chi connectivity index (χ0v) is 18.8. The van der Waals surface area contributed by atoms with Crippen LogP contribution in [0.5, 0.6) is 5.75 Å². The molecule has 2 aromatic carbocycles. The third-order valence-electron chi connectivity index (χ3n) is 5.31. The van der Waals surface area contributed by atoms with Gasteiger partial charge in [0.15, 0.2) is 0 Å². The number of carbonyl (C=O) groups is 1. The maximum atomic E-state index is 12.7. The van der Waals surface area contributed by atoms with Gasteiger partial charge in [-0.05, 0) is 73.1 Å². The Morgan fingerprint density at radius 2 is 1.91 bits per heavy atom. The summed E-state index contributed by atoms with van der Waals surface area (Å²) in [5.74, 6) is 1.08. The Morgan fingerprint density at radius 3 is 2.62 bits per heavy atom. The molecule has 7 heteroatoms. The van der Waals surface area contributed by atoms with E-state index in [4.69, 9.17) is 4.74 Å². The smallest absolute Gasteiger partial charge is 0.256 e. The molecule has 0 unspecified atom stereocenters. The third-order valence-corrected chi connectivity index (χ3v) is 6.12. The number of thioether (sulfide) groups is 1. The number of nitrogens with one attached hydrogen (secondary N) is 2. The molecule has 164 valence electrons. The first kappa shape index (κ1) is 22.0. The van der Waals surface area contributed by atoms with E-state index in [0.717, 1.165) is 53.1 Å². The second kappa shape index (κ2) is 10.4. The van der Waals surface area contributed by atoms with Gasteiger partial charge in [-0.2, -0.15) is 0 Å². The average molecular weight is 447 g/mol. The minimum absolute atomic E-state index is 0.209. The molecule has 0 radical (unpaired) electrons. The lowest BCUT2D eigenvalue weighted by molar-refractivity contribution is 0.102. The van der Waals surface area contributed by atoms with E-state index in [9.17, 15) is 4.79 Å². The van der Waals surface area contributed by atoms with Gasteiger partial charge < -0.3 is 15.4 Å². The van der Waals surface area contributed by atoms with Gasteiger partial charge >= 0.3 is 0 Å². The molecule has 4 rings (SSSR count). The number of anilines is 1. The number of aliphatic imine (C=N–C) groups is 1. The molecule has 1 aliphatic heterocycles. The number of fused-ring (bicyclic) bond motifs is 1. The first-order valence-electron chi connectivity index (χ1n) is 10.6. The number of amides is 1. The molecule has 0 saturated carbocycles. The Kier molecular flexibility index (Phi) is 7.19. The van der Waals surface area contributed by atoms with E-state index in [2.05, 4.69) is 27.2 Å². The normalized spacial score (nSPS) is 14.8. The molecule has 1 saturated heterocycles. The van der Waals surface area contributed by atoms with E-state index in [0.29, 0.717) is 11.4 Å². The molecule has 1 fully saturated rings. The Labute approximate surface area is 192 Å². The SMILES string of the molecule is C=CSC(=NC)c1ccc2cnc(NC(=O)c3ccc(OC4CCNCC4)cc3)cc2c1. The zero-order valence-electron chi connectivity index (χ0n) is 18.0. The number of ether oxygens (including phenoxy) is 1. The fourth-order valence-corrected chi connectivity index (χ4v) is 4.18. The average Bonchev–Trinajstić information content (AvgIpc) is 2.83. The lowest BCUT2D eigenvalue weighted by Gasteiger charge is -2.23. The molecule has 1 aliphatic rings. The number of hydrogen-bond acceptors (Lipinski definition) is 6. The molecule has 2 N–H and O–H groups in total. The van der Waals surface area contributed by atoms with Gasteiger partial charge in [-0.1, -0.05) is 30.5 Å². The van der Waals surface area contributed by atoms with Crippen molar-refractivity contribution in [3.63, 3.8) is 0 Å². The highest BCUT2D eigenvalue weighted by molar-refractivity contribution is 8.16. The summed E-state index contributed by atoms with van der Waals surface area (Å²) in [4.78, 5) is 21.4. The van der Waals surface area contributed by atoms with Crippen LogP contribution in [0.4, 0.5) is 5.82 Å². The van der Waals surface area contributed by atoms with E-state index in [-0.39, 0.29) is 12.0 Å². The predicted octanol–water partition coefficient (Wildman–Crippen LogP) is 4.87. The van der Waals surface area contributed by atoms with Crippen molar-refractivity contribution >= 4 is 39.3 Å². The monoisotopic (exact) mass is 446 g/mol. The lowest BCUT2D eigenvalue weighted by atomic mass is 10.1. The van der Waals surface area contributed by atoms with Crippen LogP contribution < -0.4 is 15.4 Å². The molecule has 0 aliphatic carbocycles. The van der Waals surface area contributed by atoms with Gasteiger partial charge in [-0.15, -0.1) is 0 Å². The summed E-state index contributed by atoms with van der Waals surface area (Å²) in [6.07, 6.45) is 3.98. The van der Waals surface area contributed by atoms with Crippen LogP contribution >= 0.6 is 11.8 Å². The van der Waals surface area contributed by atoms with Crippen LogP contribution in [0.2, 0.25) is 0 Å². The number of aromatic nitrogens is 1. The minimum atomic E-state index is -0.209. The Bertz CT molecular complexity index is 1140. The van der Waals surface area contributed by atoms with Crippen LogP contribution in [-0.2, 0) is 0 Å². The molecular formula is C25H26N4O2S. The van der Waals surface area contributed by atoms with Crippen LogP contribution in [0.15, 0.2) is 71.7 Å². The molecule has 1 amide bonds. The quantitative estimate of drug-likeness (QED) is 0.417. The lowest BCUT2D eigenvalue weighted by Crippen LogP contribution is -2.34. The number of rotatable bonds is 6. The maximum Gasteiger partial charge on any atom is 0.256 e. The summed E-state index contributed by atoms with van der Waals surface area (Å²) >= 11 is 1.48. The highest BCUT2D eigenvalue weighted by Gasteiger charge is 2.15. The number of piperidine rings is 1. The highest BCUT2D eigenvalue weighted by atomic mass is 32.2. The number of nitrogens with zero attached hydrogens (tertiary/aromatic N) is 2. The van der Waals surface area contributed by atoms with E-state index in [1.165, 1.54) is 11.8 Å². The topological polar surface area (TPSA) is 75.6 Å². The van der Waals surface area contributed by atoms with Crippen LogP contribution in [0.1, 0.15) is 28.8 Å². The van der Waals surface area contributed by atoms with Gasteiger partial charge in [0, 0.05) is 29.8 Å². The Hall–Kier alpha value is -3.16. The Morgan fingerprint density at radius 1 is 1.16 bits per heavy atom. The standard InChI is InChI=1S/C25H26N4O2S/c1-3-32-25(26-2)18-4-5-19-16-28-23(15-20(19)14-18)29-24(30)17-6-8-21(9-7-17)31-22-10-12-27-13-11-22/h3-9,14-16,22,27H,1,10-13H2,2H3,(H,28,29,30). The first-order valence-corrected chi connectivity index (χ1v) is 11.5. The Balaban J connectivity index is 1.46. The highest BCUT2D eigenvalue weighted by Crippen LogP contribution is 2.23. The molecular weight excluding hydrogens is 420 g/mol. The molecule has 0 bridgehead atoms. The summed E-state index contributed by atoms with van der Waals surface area (Å²) in [6, 6.07) is 15.2. The van der Waals surface area contributed by atoms with Gasteiger partial charge in [-0.3, -0.25) is 9.79 Å². The van der Waals surface area contributed by atoms with Crippen molar-refractivity contribution in [1.29, 1.82) is 0 Å². The van der Waals surface area contributed by atoms with Crippen molar-refractivity contribution in [2.45, 2.75) is 18.9 Å². The summed E-state index contributed by atoms with van der Waals surface area (Å²) < 4.78 is 6.01. The fraction of sp³-hybridized carbons (Fsp3) is 0.240. The number of carbonyl (C=O) groups excluding carboxylic acids is 1. The van der Waals surface area contributed by atoms with Crippen LogP contribution in [0.25, 0.3) is 10.8 Å². The molecule has 32 heavy (non-hydrogen) atoms. The molecule has 1 aromatic heterocycles. The van der Waals surface area contributed by atoms with Crippen LogP contribution in [0.3, 0.4) is 0 Å². The molecule has 6 nitrogen and oxygen atoms in total. The largest absolute Gasteiger partial charge is 0.490 e. The van der Waals surface area contributed by atoms with Gasteiger partial charge in [0.1, 0.15) is 22.7 Å². The summed E-state index contributed by atoms with van der Waals surface area (Å²) in [7, 11) is 1.76. The zero-order chi connectivity index (χ0) is 22.3. The van der Waals surface area contributed by atoms with E-state index >= 15 is 0 Å². The van der Waals surface area contributed by atoms with E-state index in [1.807, 2.05) is 36.4 Å². The first-order chi connectivity index (χ1) is 15.7. The van der Waals surface area contributed by atoms with Crippen molar-refractivity contribution in [1.82, 2.24) is 10.3 Å². The third kappa shape index (κ3) is 5.36. The minimum Gasteiger partial charge on any atom is -0.490 e. The molecule has 3 aromatic rings. The molecule has 0 atom stereocenters. The van der Waals surface area contributed by atoms with Crippen LogP contribution in [0, 0.1) is 0 Å². The van der Waals surface area contributed by atoms with Crippen molar-refractivity contribution in [3.05, 3.63) is 77.8 Å². The summed E-state index contributed by atoms with van der Waals surface area (Å²) in [6.45, 7) is 5.72. The second-order valence-corrected chi connectivity index (χ2v) is 8.45. The molecule has 0 spiro atoms. The predicted molar refractivity (Wildman–Crippen MR) is 133 cm³/mol. The second-order valence-electron chi connectivity index (χ2n) is 7.49. The number of pyridine rings is 1. The van der Waals surface area contributed by atoms with Crippen molar-refractivity contribution in [3.8, 4) is 5.75 Å². The number of benzene rings is 2. The summed E-state index contributed by atoms with van der Waals surface area (Å²) in [5, 5.41) is 10.8. The van der Waals surface area contributed by atoms with Crippen molar-refractivity contribution < 1.29 is 9.53 Å². The summed E-state index contributed by atoms with van der Waals surface area (Å²) in [5.41, 5.74) is 1.55. The van der Waals surface area contributed by atoms with Gasteiger partial charge in [-0.25, -0.2) is 4.98 Å². The van der Waals surface area contributed by atoms with Gasteiger partial charge in [0.05, 0.1) is 0 Å². The van der Waals surface area contributed by atoms with Crippen LogP contribution in [-0.4, -0.2) is 42.2 Å². The number of hydrogen-bond donors (Lipinski definition) is 2. The van der Waals surface area contributed by atoms with E-state index in [1.54, 1.807) is 30.8 Å². The van der Waals surface area contributed by atoms with Crippen molar-refractivity contribution in [2.24, 2.45) is 4.99 Å². The van der Waals surface area contributed by atoms with E-state index < -0.39 is 0 Å².